The van der Waals surface area contributed by atoms with E-state index < -0.39 is 0 Å². The number of para-hydroxylation sites is 1. The maximum Gasteiger partial charge on any atom is 0.196 e. The molecule has 0 atom stereocenters. The number of halogens is 1. The van der Waals surface area contributed by atoms with Gasteiger partial charge < -0.3 is 4.42 Å². The van der Waals surface area contributed by atoms with Gasteiger partial charge in [0, 0.05) is 15.6 Å². The lowest BCUT2D eigenvalue weighted by Crippen LogP contribution is -2.17. The van der Waals surface area contributed by atoms with Crippen molar-refractivity contribution in [3.63, 3.8) is 0 Å². The summed E-state index contributed by atoms with van der Waals surface area (Å²) in [6, 6.07) is 15.5. The van der Waals surface area contributed by atoms with E-state index in [1.54, 1.807) is 0 Å². The Morgan fingerprint density at radius 2 is 1.62 bits per heavy atom. The fourth-order valence-electron chi connectivity index (χ4n) is 3.76. The van der Waals surface area contributed by atoms with Crippen LogP contribution in [-0.4, -0.2) is 0 Å². The van der Waals surface area contributed by atoms with Gasteiger partial charge in [0.25, 0.3) is 0 Å². The van der Waals surface area contributed by atoms with E-state index in [1.807, 2.05) is 48.5 Å². The molecule has 1 saturated carbocycles. The van der Waals surface area contributed by atoms with Crippen LogP contribution < -0.4 is 5.43 Å². The standard InChI is InChI=1S/C21H19BrO2/c22-17-12-6-4-10-15(17)21-19(14-8-2-1-3-9-14)20(23)16-11-5-7-13-18(16)24-21/h4-7,10-14H,1-3,8-9H2. The highest BCUT2D eigenvalue weighted by molar-refractivity contribution is 9.10. The van der Waals surface area contributed by atoms with Crippen molar-refractivity contribution in [2.75, 3.05) is 0 Å². The first-order valence-corrected chi connectivity index (χ1v) is 9.35. The molecule has 3 aromatic rings. The Morgan fingerprint density at radius 3 is 2.42 bits per heavy atom. The Hall–Kier alpha value is -1.87. The van der Waals surface area contributed by atoms with Gasteiger partial charge in [-0.2, -0.15) is 0 Å². The topological polar surface area (TPSA) is 30.2 Å². The van der Waals surface area contributed by atoms with Crippen LogP contribution in [0.5, 0.6) is 0 Å². The molecule has 0 spiro atoms. The summed E-state index contributed by atoms with van der Waals surface area (Å²) in [5.41, 5.74) is 2.61. The summed E-state index contributed by atoms with van der Waals surface area (Å²) in [7, 11) is 0. The minimum atomic E-state index is 0.134. The highest BCUT2D eigenvalue weighted by Crippen LogP contribution is 2.39. The van der Waals surface area contributed by atoms with Gasteiger partial charge in [-0.25, -0.2) is 0 Å². The van der Waals surface area contributed by atoms with Crippen molar-refractivity contribution in [3.05, 3.63) is 68.8 Å². The summed E-state index contributed by atoms with van der Waals surface area (Å²) < 4.78 is 7.22. The summed E-state index contributed by atoms with van der Waals surface area (Å²) in [4.78, 5) is 13.3. The monoisotopic (exact) mass is 382 g/mol. The molecule has 1 aromatic heterocycles. The van der Waals surface area contributed by atoms with Crippen LogP contribution in [-0.2, 0) is 0 Å². The summed E-state index contributed by atoms with van der Waals surface area (Å²) in [5.74, 6) is 1.03. The predicted molar refractivity (Wildman–Crippen MR) is 101 cm³/mol. The number of hydrogen-bond donors (Lipinski definition) is 0. The lowest BCUT2D eigenvalue weighted by molar-refractivity contribution is 0.436. The van der Waals surface area contributed by atoms with E-state index in [-0.39, 0.29) is 5.43 Å². The van der Waals surface area contributed by atoms with E-state index >= 15 is 0 Å². The van der Waals surface area contributed by atoms with Crippen LogP contribution >= 0.6 is 15.9 Å². The molecule has 1 aliphatic rings. The Morgan fingerprint density at radius 1 is 0.917 bits per heavy atom. The van der Waals surface area contributed by atoms with E-state index in [1.165, 1.54) is 19.3 Å². The number of rotatable bonds is 2. The number of fused-ring (bicyclic) bond motifs is 1. The smallest absolute Gasteiger partial charge is 0.196 e. The molecule has 0 bridgehead atoms. The van der Waals surface area contributed by atoms with Gasteiger partial charge in [0.05, 0.1) is 5.39 Å². The molecule has 1 fully saturated rings. The molecule has 0 unspecified atom stereocenters. The van der Waals surface area contributed by atoms with E-state index in [4.69, 9.17) is 4.42 Å². The van der Waals surface area contributed by atoms with Crippen molar-refractivity contribution in [1.29, 1.82) is 0 Å². The average Bonchev–Trinajstić information content (AvgIpc) is 2.63. The molecule has 1 heterocycles. The molecule has 0 aliphatic heterocycles. The zero-order chi connectivity index (χ0) is 16.5. The number of benzene rings is 2. The summed E-state index contributed by atoms with van der Waals surface area (Å²) in [5, 5.41) is 0.689. The maximum atomic E-state index is 13.3. The van der Waals surface area contributed by atoms with Crippen molar-refractivity contribution in [2.45, 2.75) is 38.0 Å². The van der Waals surface area contributed by atoms with Crippen LogP contribution in [0.2, 0.25) is 0 Å². The second kappa shape index (κ2) is 6.56. The highest BCUT2D eigenvalue weighted by atomic mass is 79.9. The van der Waals surface area contributed by atoms with E-state index in [2.05, 4.69) is 15.9 Å². The van der Waals surface area contributed by atoms with E-state index in [0.717, 1.165) is 34.2 Å². The minimum Gasteiger partial charge on any atom is -0.455 e. The van der Waals surface area contributed by atoms with Crippen molar-refractivity contribution in [1.82, 2.24) is 0 Å². The third-order valence-electron chi connectivity index (χ3n) is 4.96. The minimum absolute atomic E-state index is 0.134. The van der Waals surface area contributed by atoms with Crippen molar-refractivity contribution in [3.8, 4) is 11.3 Å². The first kappa shape index (κ1) is 15.6. The van der Waals surface area contributed by atoms with Crippen molar-refractivity contribution < 1.29 is 4.42 Å². The van der Waals surface area contributed by atoms with Gasteiger partial charge in [-0.1, -0.05) is 65.5 Å². The summed E-state index contributed by atoms with van der Waals surface area (Å²) in [6.45, 7) is 0. The first-order chi connectivity index (χ1) is 11.8. The molecular weight excluding hydrogens is 364 g/mol. The van der Waals surface area contributed by atoms with E-state index in [0.29, 0.717) is 16.9 Å². The SMILES string of the molecule is O=c1c(C2CCCCC2)c(-c2ccccc2Br)oc2ccccc12. The first-order valence-electron chi connectivity index (χ1n) is 8.56. The van der Waals surface area contributed by atoms with Gasteiger partial charge in [-0.05, 0) is 37.0 Å². The molecular formula is C21H19BrO2. The average molecular weight is 383 g/mol. The normalized spacial score (nSPS) is 15.7. The van der Waals surface area contributed by atoms with Gasteiger partial charge in [-0.15, -0.1) is 0 Å². The van der Waals surface area contributed by atoms with Crippen LogP contribution in [0, 0.1) is 0 Å². The summed E-state index contributed by atoms with van der Waals surface area (Å²) in [6.07, 6.45) is 5.78. The number of hydrogen-bond acceptors (Lipinski definition) is 2. The molecule has 1 aliphatic carbocycles. The molecule has 4 rings (SSSR count). The van der Waals surface area contributed by atoms with E-state index in [9.17, 15) is 4.79 Å². The van der Waals surface area contributed by atoms with Crippen LogP contribution in [0.3, 0.4) is 0 Å². The van der Waals surface area contributed by atoms with Gasteiger partial charge in [0.2, 0.25) is 0 Å². The molecule has 3 heteroatoms. The van der Waals surface area contributed by atoms with Gasteiger partial charge in [0.1, 0.15) is 11.3 Å². The zero-order valence-electron chi connectivity index (χ0n) is 13.4. The quantitative estimate of drug-likeness (QED) is 0.522. The molecule has 0 N–H and O–H groups in total. The Balaban J connectivity index is 2.03. The molecule has 0 amide bonds. The van der Waals surface area contributed by atoms with Crippen LogP contribution in [0.15, 0.2) is 62.2 Å². The third-order valence-corrected chi connectivity index (χ3v) is 5.66. The summed E-state index contributed by atoms with van der Waals surface area (Å²) >= 11 is 3.62. The maximum absolute atomic E-state index is 13.3. The second-order valence-corrected chi connectivity index (χ2v) is 7.34. The van der Waals surface area contributed by atoms with Gasteiger partial charge >= 0.3 is 0 Å². The molecule has 122 valence electrons. The zero-order valence-corrected chi connectivity index (χ0v) is 15.0. The second-order valence-electron chi connectivity index (χ2n) is 6.48. The third kappa shape index (κ3) is 2.71. The molecule has 2 aromatic carbocycles. The lowest BCUT2D eigenvalue weighted by Gasteiger charge is -2.23. The Labute approximate surface area is 149 Å². The molecule has 24 heavy (non-hydrogen) atoms. The predicted octanol–water partition coefficient (Wildman–Crippen LogP) is 6.27. The molecule has 2 nitrogen and oxygen atoms in total. The molecule has 0 saturated heterocycles. The molecule has 0 radical (unpaired) electrons. The van der Waals surface area contributed by atoms with Crippen molar-refractivity contribution in [2.24, 2.45) is 0 Å². The van der Waals surface area contributed by atoms with Gasteiger partial charge in [0.15, 0.2) is 5.43 Å². The van der Waals surface area contributed by atoms with Crippen molar-refractivity contribution >= 4 is 26.9 Å². The fourth-order valence-corrected chi connectivity index (χ4v) is 4.23. The largest absolute Gasteiger partial charge is 0.455 e. The van der Waals surface area contributed by atoms with Gasteiger partial charge in [-0.3, -0.25) is 4.79 Å². The van der Waals surface area contributed by atoms with Crippen LogP contribution in [0.4, 0.5) is 0 Å². The fraction of sp³-hybridized carbons (Fsp3) is 0.286. The van der Waals surface area contributed by atoms with Crippen LogP contribution in [0.25, 0.3) is 22.3 Å². The highest BCUT2D eigenvalue weighted by Gasteiger charge is 2.26. The lowest BCUT2D eigenvalue weighted by atomic mass is 9.82. The van der Waals surface area contributed by atoms with Crippen LogP contribution in [0.1, 0.15) is 43.6 Å². The Bertz CT molecular complexity index is 936. The Kier molecular flexibility index (Phi) is 4.28.